The normalized spacial score (nSPS) is 11.0. The lowest BCUT2D eigenvalue weighted by atomic mass is 10.0. The van der Waals surface area contributed by atoms with Gasteiger partial charge in [0.15, 0.2) is 4.90 Å². The van der Waals surface area contributed by atoms with Gasteiger partial charge in [0.05, 0.1) is 28.3 Å². The molecule has 12 heteroatoms. The average molecular weight is 436 g/mol. The molecule has 2 aromatic carbocycles. The maximum Gasteiger partial charge on any atom is 0.336 e. The predicted molar refractivity (Wildman–Crippen MR) is 104 cm³/mol. The molecular formula is C18H16N2O9S. The van der Waals surface area contributed by atoms with Crippen LogP contribution in [-0.4, -0.2) is 42.1 Å². The highest BCUT2D eigenvalue weighted by Crippen LogP contribution is 2.34. The molecule has 0 aliphatic rings. The molecule has 0 amide bonds. The molecule has 0 atom stereocenters. The van der Waals surface area contributed by atoms with Crippen molar-refractivity contribution in [3.8, 4) is 0 Å². The summed E-state index contributed by atoms with van der Waals surface area (Å²) >= 11 is 0. The highest BCUT2D eigenvalue weighted by molar-refractivity contribution is 7.92. The Balaban J connectivity index is 2.85. The van der Waals surface area contributed by atoms with Gasteiger partial charge in [0, 0.05) is 6.07 Å². The SMILES string of the molecule is C=CCON(c1cc(C(=O)O)cc(C(=O)O)c1C)S(=O)(=O)c1ccccc1[N+](=O)[O-]. The molecule has 0 unspecified atom stereocenters. The van der Waals surface area contributed by atoms with Crippen LogP contribution in [0.3, 0.4) is 0 Å². The van der Waals surface area contributed by atoms with Crippen LogP contribution in [0.5, 0.6) is 0 Å². The van der Waals surface area contributed by atoms with Crippen LogP contribution >= 0.6 is 0 Å². The summed E-state index contributed by atoms with van der Waals surface area (Å²) in [6.07, 6.45) is 1.19. The smallest absolute Gasteiger partial charge is 0.336 e. The highest BCUT2D eigenvalue weighted by Gasteiger charge is 2.35. The van der Waals surface area contributed by atoms with Crippen LogP contribution in [-0.2, 0) is 14.9 Å². The number of carboxylic acid groups (broad SMARTS) is 2. The van der Waals surface area contributed by atoms with Crippen LogP contribution in [0, 0.1) is 17.0 Å². The van der Waals surface area contributed by atoms with E-state index in [0.717, 1.165) is 24.3 Å². The van der Waals surface area contributed by atoms with E-state index in [4.69, 9.17) is 4.84 Å². The summed E-state index contributed by atoms with van der Waals surface area (Å²) in [6, 6.07) is 6.25. The van der Waals surface area contributed by atoms with E-state index in [1.807, 2.05) is 0 Å². The Kier molecular flexibility index (Phi) is 6.54. The van der Waals surface area contributed by atoms with E-state index in [9.17, 15) is 38.3 Å². The van der Waals surface area contributed by atoms with Crippen molar-refractivity contribution in [2.45, 2.75) is 11.8 Å². The van der Waals surface area contributed by atoms with Gasteiger partial charge in [-0.15, -0.1) is 11.0 Å². The lowest BCUT2D eigenvalue weighted by molar-refractivity contribution is -0.387. The van der Waals surface area contributed by atoms with E-state index in [1.54, 1.807) is 0 Å². The molecular weight excluding hydrogens is 420 g/mol. The number of benzene rings is 2. The zero-order valence-electron chi connectivity index (χ0n) is 15.5. The van der Waals surface area contributed by atoms with E-state index in [2.05, 4.69) is 6.58 Å². The molecule has 0 aromatic heterocycles. The molecule has 2 aromatic rings. The molecule has 30 heavy (non-hydrogen) atoms. The zero-order chi connectivity index (χ0) is 22.6. The standard InChI is InChI=1S/C18H16N2O9S/c1-3-8-29-20(30(27,28)16-7-5-4-6-14(16)19(25)26)15-10-12(17(21)22)9-13(11(15)2)18(23)24/h3-7,9-10H,1,8H2,2H3,(H,21,22)(H,23,24). The first-order valence-electron chi connectivity index (χ1n) is 8.16. The first-order chi connectivity index (χ1) is 14.0. The Morgan fingerprint density at radius 3 is 2.40 bits per heavy atom. The first kappa shape index (κ1) is 22.5. The van der Waals surface area contributed by atoms with Crippen LogP contribution in [0.15, 0.2) is 53.9 Å². The molecule has 0 aliphatic carbocycles. The number of carbonyl (C=O) groups is 2. The third-order valence-corrected chi connectivity index (χ3v) is 5.56. The van der Waals surface area contributed by atoms with Gasteiger partial charge in [-0.1, -0.05) is 18.2 Å². The number of carboxylic acids is 2. The number of nitro groups is 1. The van der Waals surface area contributed by atoms with Gasteiger partial charge in [-0.3, -0.25) is 15.0 Å². The van der Waals surface area contributed by atoms with Crippen molar-refractivity contribution in [3.63, 3.8) is 0 Å². The second kappa shape index (κ2) is 8.71. The Labute approximate surface area is 170 Å². The summed E-state index contributed by atoms with van der Waals surface area (Å²) < 4.78 is 26.8. The molecule has 0 radical (unpaired) electrons. The number of hydrogen-bond acceptors (Lipinski definition) is 7. The number of rotatable bonds is 9. The summed E-state index contributed by atoms with van der Waals surface area (Å²) in [7, 11) is -4.77. The van der Waals surface area contributed by atoms with Crippen molar-refractivity contribution in [1.29, 1.82) is 0 Å². The number of sulfonamides is 1. The van der Waals surface area contributed by atoms with E-state index in [-0.39, 0.29) is 16.6 Å². The number of hydrogen-bond donors (Lipinski definition) is 2. The molecule has 0 aliphatic heterocycles. The quantitative estimate of drug-likeness (QED) is 0.341. The largest absolute Gasteiger partial charge is 0.478 e. The molecule has 0 bridgehead atoms. The van der Waals surface area contributed by atoms with E-state index >= 15 is 0 Å². The number of anilines is 1. The molecule has 11 nitrogen and oxygen atoms in total. The minimum Gasteiger partial charge on any atom is -0.478 e. The van der Waals surface area contributed by atoms with Gasteiger partial charge < -0.3 is 10.2 Å². The van der Waals surface area contributed by atoms with E-state index < -0.39 is 54.3 Å². The number of nitrogens with zero attached hydrogens (tertiary/aromatic N) is 2. The maximum atomic E-state index is 13.2. The van der Waals surface area contributed by atoms with Crippen LogP contribution in [0.1, 0.15) is 26.3 Å². The average Bonchev–Trinajstić information content (AvgIpc) is 2.68. The fraction of sp³-hybridized carbons (Fsp3) is 0.111. The summed E-state index contributed by atoms with van der Waals surface area (Å²) in [6.45, 7) is 4.28. The number of para-hydroxylation sites is 1. The molecule has 2 N–H and O–H groups in total. The van der Waals surface area contributed by atoms with Gasteiger partial charge in [-0.05, 0) is 30.7 Å². The van der Waals surface area contributed by atoms with Crippen molar-refractivity contribution < 1.29 is 38.0 Å². The second-order valence-corrected chi connectivity index (χ2v) is 7.54. The Bertz CT molecular complexity index is 1140. The monoisotopic (exact) mass is 436 g/mol. The van der Waals surface area contributed by atoms with Gasteiger partial charge in [0.1, 0.15) is 0 Å². The van der Waals surface area contributed by atoms with Crippen molar-refractivity contribution in [1.82, 2.24) is 0 Å². The third-order valence-electron chi connectivity index (χ3n) is 3.92. The molecule has 2 rings (SSSR count). The minimum atomic E-state index is -4.77. The number of aromatic carboxylic acids is 2. The second-order valence-electron chi connectivity index (χ2n) is 5.82. The maximum absolute atomic E-state index is 13.2. The molecule has 0 saturated carbocycles. The predicted octanol–water partition coefficient (Wildman–Crippen LogP) is 2.61. The lowest BCUT2D eigenvalue weighted by Crippen LogP contribution is -2.33. The third kappa shape index (κ3) is 4.29. The highest BCUT2D eigenvalue weighted by atomic mass is 32.2. The molecule has 0 saturated heterocycles. The zero-order valence-corrected chi connectivity index (χ0v) is 16.3. The van der Waals surface area contributed by atoms with Crippen molar-refractivity contribution in [3.05, 3.63) is 75.9 Å². The Morgan fingerprint density at radius 1 is 1.23 bits per heavy atom. The Hall–Kier alpha value is -3.77. The van der Waals surface area contributed by atoms with Gasteiger partial charge in [-0.2, -0.15) is 8.42 Å². The van der Waals surface area contributed by atoms with E-state index in [0.29, 0.717) is 0 Å². The van der Waals surface area contributed by atoms with Gasteiger partial charge >= 0.3 is 11.9 Å². The first-order valence-corrected chi connectivity index (χ1v) is 9.60. The van der Waals surface area contributed by atoms with Crippen molar-refractivity contribution in [2.24, 2.45) is 0 Å². The number of nitro benzene ring substituents is 1. The van der Waals surface area contributed by atoms with Crippen LogP contribution in [0.25, 0.3) is 0 Å². The van der Waals surface area contributed by atoms with E-state index in [1.165, 1.54) is 25.1 Å². The molecule has 0 fully saturated rings. The van der Waals surface area contributed by atoms with Crippen LogP contribution < -0.4 is 4.47 Å². The Morgan fingerprint density at radius 2 is 1.87 bits per heavy atom. The van der Waals surface area contributed by atoms with Gasteiger partial charge in [0.2, 0.25) is 0 Å². The van der Waals surface area contributed by atoms with Gasteiger partial charge in [-0.25, -0.2) is 9.59 Å². The molecule has 158 valence electrons. The summed E-state index contributed by atoms with van der Waals surface area (Å²) in [4.78, 5) is 37.9. The summed E-state index contributed by atoms with van der Waals surface area (Å²) in [5, 5.41) is 30.0. The van der Waals surface area contributed by atoms with Crippen LogP contribution in [0.4, 0.5) is 11.4 Å². The van der Waals surface area contributed by atoms with Gasteiger partial charge in [0.25, 0.3) is 15.7 Å². The topological polar surface area (TPSA) is 164 Å². The minimum absolute atomic E-state index is 0.126. The lowest BCUT2D eigenvalue weighted by Gasteiger charge is -2.25. The molecule has 0 spiro atoms. The van der Waals surface area contributed by atoms with Crippen molar-refractivity contribution >= 4 is 33.3 Å². The molecule has 0 heterocycles. The summed E-state index contributed by atoms with van der Waals surface area (Å²) in [5.74, 6) is -3.01. The van der Waals surface area contributed by atoms with Crippen molar-refractivity contribution in [2.75, 3.05) is 11.1 Å². The fourth-order valence-corrected chi connectivity index (χ4v) is 4.02. The van der Waals surface area contributed by atoms with Crippen LogP contribution in [0.2, 0.25) is 0 Å². The fourth-order valence-electron chi connectivity index (χ4n) is 2.54. The summed E-state index contributed by atoms with van der Waals surface area (Å²) in [5.41, 5.74) is -2.28.